The summed E-state index contributed by atoms with van der Waals surface area (Å²) in [6, 6.07) is 13.4. The molecule has 0 unspecified atom stereocenters. The van der Waals surface area contributed by atoms with Gasteiger partial charge >= 0.3 is 36.7 Å². The van der Waals surface area contributed by atoms with Crippen LogP contribution in [-0.2, 0) is 9.47 Å². The fraction of sp³-hybridized carbons (Fsp3) is 0.364. The molecule has 157 valence electrons. The first kappa shape index (κ1) is 24.3. The van der Waals surface area contributed by atoms with Gasteiger partial charge < -0.3 is 9.47 Å². The molecule has 2 aromatic carbocycles. The zero-order valence-corrected chi connectivity index (χ0v) is 19.5. The number of halogens is 1. The Morgan fingerprint density at radius 1 is 0.933 bits per heavy atom. The van der Waals surface area contributed by atoms with Crippen LogP contribution in [0.3, 0.4) is 0 Å². The van der Waals surface area contributed by atoms with E-state index in [1.165, 1.54) is 51.0 Å². The van der Waals surface area contributed by atoms with Crippen LogP contribution < -0.4 is 0 Å². The first-order valence-corrected chi connectivity index (χ1v) is 10.7. The summed E-state index contributed by atoms with van der Waals surface area (Å²) in [5.74, 6) is 0.887. The van der Waals surface area contributed by atoms with E-state index >= 15 is 0 Å². The summed E-state index contributed by atoms with van der Waals surface area (Å²) in [5, 5.41) is 0. The molecule has 2 saturated carbocycles. The first-order chi connectivity index (χ1) is 14.4. The molecule has 0 amide bonds. The molecule has 0 aliphatic heterocycles. The molecule has 5 nitrogen and oxygen atoms in total. The van der Waals surface area contributed by atoms with Crippen molar-refractivity contribution in [2.75, 3.05) is 14.2 Å². The molecule has 30 heavy (non-hydrogen) atoms. The molecule has 4 rings (SSSR count). The molecule has 1 radical (unpaired) electrons. The maximum absolute atomic E-state index is 11.2. The Morgan fingerprint density at radius 3 is 1.83 bits per heavy atom. The van der Waals surface area contributed by atoms with Gasteiger partial charge in [-0.05, 0) is 72.9 Å². The van der Waals surface area contributed by atoms with Crippen LogP contribution in [0.1, 0.15) is 69.4 Å². The third-order valence-electron chi connectivity index (χ3n) is 4.82. The monoisotopic (exact) mass is 488 g/mol. The summed E-state index contributed by atoms with van der Waals surface area (Å²) in [7, 11) is 7.13. The summed E-state index contributed by atoms with van der Waals surface area (Å²) >= 11 is 6.67. The van der Waals surface area contributed by atoms with Crippen LogP contribution >= 0.6 is 28.7 Å². The fourth-order valence-electron chi connectivity index (χ4n) is 2.92. The number of esters is 2. The predicted octanol–water partition coefficient (Wildman–Crippen LogP) is 5.65. The molecule has 0 N–H and O–H groups in total. The molecule has 0 aromatic heterocycles. The van der Waals surface area contributed by atoms with Crippen molar-refractivity contribution in [1.82, 2.24) is 0 Å². The van der Waals surface area contributed by atoms with Crippen LogP contribution in [0.5, 0.6) is 0 Å². The van der Waals surface area contributed by atoms with Gasteiger partial charge in [-0.2, -0.15) is 0 Å². The van der Waals surface area contributed by atoms with Gasteiger partial charge in [0.1, 0.15) is 0 Å². The molecular formula is C22H24BBrNO4S. The molecule has 0 heterocycles. The molecule has 2 aliphatic rings. The van der Waals surface area contributed by atoms with Gasteiger partial charge in [-0.3, -0.25) is 0 Å². The normalized spacial score (nSPS) is 14.2. The van der Waals surface area contributed by atoms with Crippen LogP contribution in [0.2, 0.25) is 0 Å². The van der Waals surface area contributed by atoms with Gasteiger partial charge in [0, 0.05) is 4.47 Å². The zero-order valence-electron chi connectivity index (χ0n) is 17.0. The van der Waals surface area contributed by atoms with Crippen LogP contribution in [0.4, 0.5) is 0 Å². The number of benzene rings is 2. The van der Waals surface area contributed by atoms with Gasteiger partial charge in [0.15, 0.2) is 0 Å². The number of methoxy groups -OCH3 is 2. The molecule has 0 spiro atoms. The third kappa shape index (κ3) is 7.40. The standard InChI is InChI=1S/C11H11BrO2.C11H12O2.BHNS/c1-14-11(13)8-4-5-9(7-2-3-7)10(12)6-8;1-13-11(12)10-6-4-9(5-7-10)8-2-3-8;1-2-3/h4-7H,2-3H2,1H3;4-8H,2-3H2,1H3;3H. The average molecular weight is 489 g/mol. The van der Waals surface area contributed by atoms with Gasteiger partial charge in [0.25, 0.3) is 0 Å². The van der Waals surface area contributed by atoms with Crippen LogP contribution in [-0.4, -0.2) is 33.8 Å². The summed E-state index contributed by atoms with van der Waals surface area (Å²) in [4.78, 5) is 22.3. The number of carbonyl (C=O) groups excluding carboxylic acids is 2. The number of nitrogens with zero attached hydrogens (tertiary/aromatic N) is 1. The van der Waals surface area contributed by atoms with Crippen LogP contribution in [0.15, 0.2) is 51.2 Å². The Hall–Kier alpha value is -1.93. The Kier molecular flexibility index (Phi) is 9.78. The predicted molar refractivity (Wildman–Crippen MR) is 124 cm³/mol. The SMILES string of the molecule is COC(=O)c1ccc(C2CC2)c(Br)c1.COC(=O)c1ccc(C2CC2)cc1.[B]=NS. The number of rotatable bonds is 4. The van der Waals surface area contributed by atoms with Crippen molar-refractivity contribution in [3.05, 3.63) is 69.2 Å². The van der Waals surface area contributed by atoms with Crippen molar-refractivity contribution in [2.45, 2.75) is 37.5 Å². The quantitative estimate of drug-likeness (QED) is 0.343. The minimum absolute atomic E-state index is 0.262. The van der Waals surface area contributed by atoms with E-state index in [0.717, 1.165) is 10.4 Å². The Balaban J connectivity index is 0.000000190. The van der Waals surface area contributed by atoms with E-state index in [4.69, 9.17) is 0 Å². The van der Waals surface area contributed by atoms with Crippen molar-refractivity contribution in [2.24, 2.45) is 4.30 Å². The molecule has 0 bridgehead atoms. The second kappa shape index (κ2) is 12.1. The van der Waals surface area contributed by atoms with E-state index in [1.807, 2.05) is 42.5 Å². The minimum atomic E-state index is -0.284. The summed E-state index contributed by atoms with van der Waals surface area (Å²) in [6.45, 7) is 0. The molecule has 2 aliphatic carbocycles. The molecular weight excluding hydrogens is 465 g/mol. The van der Waals surface area contributed by atoms with Gasteiger partial charge in [0.2, 0.25) is 0 Å². The third-order valence-corrected chi connectivity index (χ3v) is 5.51. The maximum atomic E-state index is 11.2. The number of hydrogen-bond donors (Lipinski definition) is 1. The summed E-state index contributed by atoms with van der Waals surface area (Å²) in [6.07, 6.45) is 5.10. The van der Waals surface area contributed by atoms with Crippen LogP contribution in [0.25, 0.3) is 0 Å². The number of ether oxygens (including phenoxy) is 2. The molecule has 0 atom stereocenters. The van der Waals surface area contributed by atoms with E-state index in [1.54, 1.807) is 0 Å². The van der Waals surface area contributed by atoms with Crippen LogP contribution in [0, 0.1) is 0 Å². The first-order valence-electron chi connectivity index (χ1n) is 9.55. The number of hydrogen-bond acceptors (Lipinski definition) is 6. The topological polar surface area (TPSA) is 65.0 Å². The van der Waals surface area contributed by atoms with E-state index in [9.17, 15) is 9.59 Å². The molecule has 2 fully saturated rings. The summed E-state index contributed by atoms with van der Waals surface area (Å²) in [5.41, 5.74) is 3.88. The Labute approximate surface area is 192 Å². The van der Waals surface area contributed by atoms with Crippen molar-refractivity contribution in [3.63, 3.8) is 0 Å². The van der Waals surface area contributed by atoms with Gasteiger partial charge in [-0.1, -0.05) is 34.1 Å². The van der Waals surface area contributed by atoms with Gasteiger partial charge in [0.05, 0.1) is 25.3 Å². The average Bonchev–Trinajstić information content (AvgIpc) is 3.66. The number of carbonyl (C=O) groups is 2. The van der Waals surface area contributed by atoms with Crippen molar-refractivity contribution in [3.8, 4) is 0 Å². The Bertz CT molecular complexity index is 883. The van der Waals surface area contributed by atoms with E-state index in [2.05, 4.69) is 50.2 Å². The van der Waals surface area contributed by atoms with Crippen molar-refractivity contribution in [1.29, 1.82) is 0 Å². The van der Waals surface area contributed by atoms with Crippen molar-refractivity contribution >= 4 is 48.3 Å². The molecule has 0 saturated heterocycles. The van der Waals surface area contributed by atoms with Crippen molar-refractivity contribution < 1.29 is 19.1 Å². The fourth-order valence-corrected chi connectivity index (χ4v) is 3.63. The van der Waals surface area contributed by atoms with E-state index < -0.39 is 0 Å². The summed E-state index contributed by atoms with van der Waals surface area (Å²) < 4.78 is 13.0. The molecule has 2 aromatic rings. The second-order valence-corrected chi connectivity index (χ2v) is 8.09. The second-order valence-electron chi connectivity index (χ2n) is 7.01. The van der Waals surface area contributed by atoms with Gasteiger partial charge in [-0.25, -0.2) is 9.59 Å². The van der Waals surface area contributed by atoms with E-state index in [0.29, 0.717) is 17.0 Å². The van der Waals surface area contributed by atoms with E-state index in [-0.39, 0.29) is 11.9 Å². The Morgan fingerprint density at radius 2 is 1.40 bits per heavy atom. The zero-order chi connectivity index (χ0) is 22.1. The van der Waals surface area contributed by atoms with Gasteiger partial charge in [-0.15, -0.1) is 0 Å². The molecule has 8 heteroatoms. The number of thiol groups is 1.